The second-order valence-corrected chi connectivity index (χ2v) is 8.73. The molecule has 2 rings (SSSR count). The zero-order valence-corrected chi connectivity index (χ0v) is 19.8. The lowest BCUT2D eigenvalue weighted by Gasteiger charge is -2.29. The lowest BCUT2D eigenvalue weighted by molar-refractivity contribution is -0.144. The first-order valence-corrected chi connectivity index (χ1v) is 11.5. The molecular weight excluding hydrogens is 476 g/mol. The molecule has 198 valence electrons. The summed E-state index contributed by atoms with van der Waals surface area (Å²) in [5, 5.41) is 42.0. The van der Waals surface area contributed by atoms with E-state index in [-0.39, 0.29) is 25.1 Å². The van der Waals surface area contributed by atoms with Crippen LogP contribution in [0.2, 0.25) is 0 Å². The standard InChI is InChI=1S/C23H32N4O9/c1-12(28)19(21(33)25-16(23(35)36)8-9-18(30)31)26-20(32)17-3-2-10-27(17)22(34)15(24)11-13-4-6-14(29)7-5-13/h4-7,12,15-17,19,28-29H,2-3,8-11,24H2,1H3,(H,25,33)(H,26,32)(H,30,31)(H,35,36). The molecule has 36 heavy (non-hydrogen) atoms. The van der Waals surface area contributed by atoms with Crippen molar-refractivity contribution in [2.45, 2.75) is 69.3 Å². The highest BCUT2D eigenvalue weighted by atomic mass is 16.4. The van der Waals surface area contributed by atoms with Crippen LogP contribution in [0.1, 0.15) is 38.2 Å². The van der Waals surface area contributed by atoms with E-state index in [1.54, 1.807) is 12.1 Å². The first kappa shape index (κ1) is 28.5. The summed E-state index contributed by atoms with van der Waals surface area (Å²) in [6, 6.07) is 1.23. The second-order valence-electron chi connectivity index (χ2n) is 8.73. The van der Waals surface area contributed by atoms with Gasteiger partial charge in [0.05, 0.1) is 12.1 Å². The van der Waals surface area contributed by atoms with E-state index in [0.717, 1.165) is 5.56 Å². The van der Waals surface area contributed by atoms with Crippen molar-refractivity contribution < 1.29 is 44.4 Å². The van der Waals surface area contributed by atoms with Gasteiger partial charge in [0.1, 0.15) is 23.9 Å². The van der Waals surface area contributed by atoms with Crippen molar-refractivity contribution in [3.05, 3.63) is 29.8 Å². The number of carboxylic acid groups (broad SMARTS) is 2. The van der Waals surface area contributed by atoms with Gasteiger partial charge < -0.3 is 41.7 Å². The molecule has 0 aliphatic carbocycles. The van der Waals surface area contributed by atoms with Gasteiger partial charge in [-0.2, -0.15) is 0 Å². The minimum Gasteiger partial charge on any atom is -0.508 e. The number of carbonyl (C=O) groups is 5. The molecule has 0 aromatic heterocycles. The molecule has 1 aromatic carbocycles. The van der Waals surface area contributed by atoms with Crippen molar-refractivity contribution in [3.8, 4) is 5.75 Å². The number of aliphatic hydroxyl groups excluding tert-OH is 1. The number of nitrogens with zero attached hydrogens (tertiary/aromatic N) is 1. The summed E-state index contributed by atoms with van der Waals surface area (Å²) in [5.74, 6) is -4.82. The van der Waals surface area contributed by atoms with E-state index in [1.807, 2.05) is 0 Å². The van der Waals surface area contributed by atoms with Gasteiger partial charge in [0.25, 0.3) is 0 Å². The number of aliphatic hydroxyl groups is 1. The number of likely N-dealkylation sites (tertiary alicyclic amines) is 1. The summed E-state index contributed by atoms with van der Waals surface area (Å²) in [4.78, 5) is 62.0. The van der Waals surface area contributed by atoms with Crippen LogP contribution in [0.5, 0.6) is 5.75 Å². The second kappa shape index (κ2) is 12.8. The van der Waals surface area contributed by atoms with Crippen LogP contribution in [-0.4, -0.2) is 91.8 Å². The molecule has 13 nitrogen and oxygen atoms in total. The Labute approximate surface area is 207 Å². The van der Waals surface area contributed by atoms with Crippen LogP contribution in [0.3, 0.4) is 0 Å². The van der Waals surface area contributed by atoms with Crippen LogP contribution in [0.4, 0.5) is 0 Å². The number of carboxylic acids is 2. The number of aromatic hydroxyl groups is 1. The maximum absolute atomic E-state index is 13.0. The molecule has 1 aromatic rings. The van der Waals surface area contributed by atoms with Gasteiger partial charge >= 0.3 is 11.9 Å². The van der Waals surface area contributed by atoms with E-state index in [9.17, 15) is 39.3 Å². The van der Waals surface area contributed by atoms with Gasteiger partial charge in [-0.15, -0.1) is 0 Å². The van der Waals surface area contributed by atoms with Crippen molar-refractivity contribution >= 4 is 29.7 Å². The minimum atomic E-state index is -1.53. The van der Waals surface area contributed by atoms with Crippen LogP contribution in [-0.2, 0) is 30.4 Å². The minimum absolute atomic E-state index is 0.0724. The highest BCUT2D eigenvalue weighted by Crippen LogP contribution is 2.20. The average molecular weight is 509 g/mol. The van der Waals surface area contributed by atoms with Crippen LogP contribution in [0.25, 0.3) is 0 Å². The predicted molar refractivity (Wildman–Crippen MR) is 125 cm³/mol. The molecule has 1 aliphatic rings. The maximum atomic E-state index is 13.0. The topological polar surface area (TPSA) is 220 Å². The lowest BCUT2D eigenvalue weighted by Crippen LogP contribution is -2.59. The molecule has 1 heterocycles. The number of phenols is 1. The van der Waals surface area contributed by atoms with E-state index in [0.29, 0.717) is 12.8 Å². The Kier molecular flexibility index (Phi) is 10.2. The first-order valence-electron chi connectivity index (χ1n) is 11.5. The SMILES string of the molecule is CC(O)C(NC(=O)C1CCCN1C(=O)C(N)Cc1ccc(O)cc1)C(=O)NC(CCC(=O)O)C(=O)O. The monoisotopic (exact) mass is 508 g/mol. The van der Waals surface area contributed by atoms with Gasteiger partial charge in [0.15, 0.2) is 0 Å². The zero-order valence-electron chi connectivity index (χ0n) is 19.8. The quantitative estimate of drug-likeness (QED) is 0.174. The van der Waals surface area contributed by atoms with Gasteiger partial charge in [-0.1, -0.05) is 12.1 Å². The van der Waals surface area contributed by atoms with Crippen molar-refractivity contribution in [2.24, 2.45) is 5.73 Å². The fourth-order valence-corrected chi connectivity index (χ4v) is 3.93. The largest absolute Gasteiger partial charge is 0.508 e. The van der Waals surface area contributed by atoms with E-state index in [1.165, 1.54) is 24.0 Å². The Morgan fingerprint density at radius 2 is 1.75 bits per heavy atom. The first-order chi connectivity index (χ1) is 16.9. The summed E-state index contributed by atoms with van der Waals surface area (Å²) in [6.45, 7) is 1.49. The Morgan fingerprint density at radius 1 is 1.11 bits per heavy atom. The molecule has 0 saturated carbocycles. The number of carbonyl (C=O) groups excluding carboxylic acids is 3. The summed E-state index contributed by atoms with van der Waals surface area (Å²) >= 11 is 0. The number of nitrogens with two attached hydrogens (primary N) is 1. The molecule has 1 saturated heterocycles. The normalized spacial score (nSPS) is 18.5. The number of benzene rings is 1. The third kappa shape index (κ3) is 7.92. The number of hydrogen-bond acceptors (Lipinski definition) is 8. The number of aliphatic carboxylic acids is 2. The molecule has 3 amide bonds. The van der Waals surface area contributed by atoms with Crippen LogP contribution in [0.15, 0.2) is 24.3 Å². The Bertz CT molecular complexity index is 967. The number of amides is 3. The summed E-state index contributed by atoms with van der Waals surface area (Å²) in [6.07, 6.45) is -1.32. The smallest absolute Gasteiger partial charge is 0.326 e. The molecule has 0 bridgehead atoms. The number of phenolic OH excluding ortho intramolecular Hbond substituents is 1. The van der Waals surface area contributed by atoms with Gasteiger partial charge in [-0.05, 0) is 50.3 Å². The third-order valence-corrected chi connectivity index (χ3v) is 5.87. The number of rotatable bonds is 12. The molecular formula is C23H32N4O9. The van der Waals surface area contributed by atoms with E-state index in [4.69, 9.17) is 10.8 Å². The molecule has 1 fully saturated rings. The van der Waals surface area contributed by atoms with Crippen LogP contribution in [0, 0.1) is 0 Å². The average Bonchev–Trinajstić information content (AvgIpc) is 3.30. The van der Waals surface area contributed by atoms with Gasteiger partial charge in [0.2, 0.25) is 17.7 Å². The predicted octanol–water partition coefficient (Wildman–Crippen LogP) is -1.45. The summed E-state index contributed by atoms with van der Waals surface area (Å²) < 4.78 is 0. The molecule has 8 N–H and O–H groups in total. The summed E-state index contributed by atoms with van der Waals surface area (Å²) in [7, 11) is 0. The van der Waals surface area contributed by atoms with E-state index < -0.39 is 66.4 Å². The highest BCUT2D eigenvalue weighted by Gasteiger charge is 2.38. The molecule has 0 spiro atoms. The van der Waals surface area contributed by atoms with Crippen molar-refractivity contribution in [3.63, 3.8) is 0 Å². The molecule has 0 radical (unpaired) electrons. The maximum Gasteiger partial charge on any atom is 0.326 e. The summed E-state index contributed by atoms with van der Waals surface area (Å²) in [5.41, 5.74) is 6.79. The fraction of sp³-hybridized carbons (Fsp3) is 0.522. The molecule has 13 heteroatoms. The third-order valence-electron chi connectivity index (χ3n) is 5.87. The van der Waals surface area contributed by atoms with Crippen molar-refractivity contribution in [1.82, 2.24) is 15.5 Å². The van der Waals surface area contributed by atoms with Crippen molar-refractivity contribution in [2.75, 3.05) is 6.54 Å². The number of hydrogen-bond donors (Lipinski definition) is 7. The fourth-order valence-electron chi connectivity index (χ4n) is 3.93. The highest BCUT2D eigenvalue weighted by molar-refractivity contribution is 5.94. The van der Waals surface area contributed by atoms with Crippen molar-refractivity contribution in [1.29, 1.82) is 0 Å². The van der Waals surface area contributed by atoms with Crippen LogP contribution < -0.4 is 16.4 Å². The Balaban J connectivity index is 2.05. The molecule has 5 atom stereocenters. The molecule has 5 unspecified atom stereocenters. The van der Waals surface area contributed by atoms with E-state index >= 15 is 0 Å². The van der Waals surface area contributed by atoms with Gasteiger partial charge in [0, 0.05) is 13.0 Å². The Hall–Kier alpha value is -3.71. The zero-order chi connectivity index (χ0) is 27.0. The van der Waals surface area contributed by atoms with Gasteiger partial charge in [-0.25, -0.2) is 4.79 Å². The number of nitrogens with one attached hydrogen (secondary N) is 2. The van der Waals surface area contributed by atoms with Gasteiger partial charge in [-0.3, -0.25) is 19.2 Å². The van der Waals surface area contributed by atoms with E-state index in [2.05, 4.69) is 10.6 Å². The van der Waals surface area contributed by atoms with Crippen LogP contribution >= 0.6 is 0 Å². The lowest BCUT2D eigenvalue weighted by atomic mass is 10.0. The Morgan fingerprint density at radius 3 is 2.31 bits per heavy atom. The molecule has 1 aliphatic heterocycles.